The lowest BCUT2D eigenvalue weighted by Gasteiger charge is -2.08. The van der Waals surface area contributed by atoms with Gasteiger partial charge in [-0.1, -0.05) is 65.1 Å². The van der Waals surface area contributed by atoms with Crippen LogP contribution in [0, 0.1) is 0 Å². The van der Waals surface area contributed by atoms with Gasteiger partial charge in [0.15, 0.2) is 6.61 Å². The number of benzene rings is 3. The van der Waals surface area contributed by atoms with Gasteiger partial charge >= 0.3 is 0 Å². The van der Waals surface area contributed by atoms with Gasteiger partial charge in [-0.3, -0.25) is 4.79 Å². The topological polar surface area (TPSA) is 70.9 Å². The van der Waals surface area contributed by atoms with Gasteiger partial charge in [-0.05, 0) is 22.9 Å². The molecule has 3 rings (SSSR count). The van der Waals surface area contributed by atoms with Gasteiger partial charge in [-0.15, -0.1) is 0 Å². The number of amides is 1. The summed E-state index contributed by atoms with van der Waals surface area (Å²) in [5.41, 5.74) is 2.83. The number of carbonyl (C=O) groups excluding carboxylic acids is 1. The van der Waals surface area contributed by atoms with Crippen molar-refractivity contribution in [2.45, 2.75) is 0 Å². The SMILES string of the molecule is O=C(COc1cc(Cl)c(Cl)cc1Cl)NN=Cc1c(O)ccc2ccccc12. The van der Waals surface area contributed by atoms with E-state index in [2.05, 4.69) is 10.5 Å². The third-order valence-corrected chi connectivity index (χ3v) is 4.68. The third-order valence-electron chi connectivity index (χ3n) is 3.66. The van der Waals surface area contributed by atoms with Crippen molar-refractivity contribution in [1.82, 2.24) is 5.43 Å². The molecule has 0 aliphatic heterocycles. The number of hydrogen-bond donors (Lipinski definition) is 2. The Kier molecular flexibility index (Phi) is 6.06. The molecule has 0 atom stereocenters. The second-order valence-electron chi connectivity index (χ2n) is 5.50. The number of ether oxygens (including phenoxy) is 1. The first-order valence-electron chi connectivity index (χ1n) is 7.75. The Morgan fingerprint density at radius 2 is 1.81 bits per heavy atom. The molecule has 0 radical (unpaired) electrons. The fourth-order valence-electron chi connectivity index (χ4n) is 2.38. The first kappa shape index (κ1) is 19.3. The van der Waals surface area contributed by atoms with Crippen LogP contribution in [0.3, 0.4) is 0 Å². The van der Waals surface area contributed by atoms with Crippen molar-refractivity contribution < 1.29 is 14.6 Å². The molecule has 0 aromatic heterocycles. The van der Waals surface area contributed by atoms with E-state index < -0.39 is 5.91 Å². The fraction of sp³-hybridized carbons (Fsp3) is 0.0526. The van der Waals surface area contributed by atoms with Crippen molar-refractivity contribution in [3.8, 4) is 11.5 Å². The van der Waals surface area contributed by atoms with Crippen molar-refractivity contribution in [2.24, 2.45) is 5.10 Å². The van der Waals surface area contributed by atoms with E-state index in [1.165, 1.54) is 18.3 Å². The molecule has 8 heteroatoms. The lowest BCUT2D eigenvalue weighted by molar-refractivity contribution is -0.123. The van der Waals surface area contributed by atoms with E-state index >= 15 is 0 Å². The number of hydrogen-bond acceptors (Lipinski definition) is 4. The van der Waals surface area contributed by atoms with Crippen LogP contribution in [-0.2, 0) is 4.79 Å². The zero-order valence-corrected chi connectivity index (χ0v) is 16.0. The average Bonchev–Trinajstić information content (AvgIpc) is 2.65. The molecule has 0 spiro atoms. The number of hydrazone groups is 1. The molecule has 0 aliphatic carbocycles. The number of phenolic OH excluding ortho intramolecular Hbond substituents is 1. The maximum absolute atomic E-state index is 11.9. The standard InChI is InChI=1S/C19H13Cl3N2O3/c20-14-7-16(22)18(8-15(14)21)27-10-19(26)24-23-9-13-12-4-2-1-3-11(12)5-6-17(13)25/h1-9,25H,10H2,(H,24,26). The van der Waals surface area contributed by atoms with Crippen molar-refractivity contribution >= 4 is 57.7 Å². The first-order chi connectivity index (χ1) is 13.0. The Morgan fingerprint density at radius 1 is 1.07 bits per heavy atom. The molecule has 1 amide bonds. The smallest absolute Gasteiger partial charge is 0.277 e. The number of carbonyl (C=O) groups is 1. The summed E-state index contributed by atoms with van der Waals surface area (Å²) >= 11 is 17.7. The van der Waals surface area contributed by atoms with Crippen LogP contribution in [0.1, 0.15) is 5.56 Å². The lowest BCUT2D eigenvalue weighted by Crippen LogP contribution is -2.24. The quantitative estimate of drug-likeness (QED) is 0.343. The summed E-state index contributed by atoms with van der Waals surface area (Å²) < 4.78 is 5.32. The third kappa shape index (κ3) is 4.63. The van der Waals surface area contributed by atoms with Crippen LogP contribution < -0.4 is 10.2 Å². The average molecular weight is 424 g/mol. The summed E-state index contributed by atoms with van der Waals surface area (Å²) in [6.07, 6.45) is 1.38. The fourth-order valence-corrected chi connectivity index (χ4v) is 2.97. The van der Waals surface area contributed by atoms with E-state index in [0.717, 1.165) is 10.8 Å². The van der Waals surface area contributed by atoms with E-state index in [4.69, 9.17) is 39.5 Å². The van der Waals surface area contributed by atoms with Gasteiger partial charge in [0.2, 0.25) is 0 Å². The molecule has 3 aromatic rings. The number of nitrogens with one attached hydrogen (secondary N) is 1. The first-order valence-corrected chi connectivity index (χ1v) is 8.89. The second kappa shape index (κ2) is 8.48. The summed E-state index contributed by atoms with van der Waals surface area (Å²) in [7, 11) is 0. The Morgan fingerprint density at radius 3 is 2.63 bits per heavy atom. The Bertz CT molecular complexity index is 1040. The molecular weight excluding hydrogens is 411 g/mol. The van der Waals surface area contributed by atoms with Crippen LogP contribution in [0.15, 0.2) is 53.6 Å². The molecule has 2 N–H and O–H groups in total. The summed E-state index contributed by atoms with van der Waals surface area (Å²) in [6, 6.07) is 13.8. The van der Waals surface area contributed by atoms with Crippen LogP contribution in [0.5, 0.6) is 11.5 Å². The summed E-state index contributed by atoms with van der Waals surface area (Å²) in [5, 5.41) is 16.5. The minimum absolute atomic E-state index is 0.0607. The van der Waals surface area contributed by atoms with Gasteiger partial charge < -0.3 is 9.84 Å². The van der Waals surface area contributed by atoms with Crippen molar-refractivity contribution in [2.75, 3.05) is 6.61 Å². The maximum atomic E-state index is 11.9. The van der Waals surface area contributed by atoms with E-state index in [9.17, 15) is 9.90 Å². The number of fused-ring (bicyclic) bond motifs is 1. The number of nitrogens with zero attached hydrogens (tertiary/aromatic N) is 1. The van der Waals surface area contributed by atoms with Crippen LogP contribution in [-0.4, -0.2) is 23.8 Å². The maximum Gasteiger partial charge on any atom is 0.277 e. The van der Waals surface area contributed by atoms with E-state index in [1.54, 1.807) is 12.1 Å². The van der Waals surface area contributed by atoms with Crippen LogP contribution in [0.25, 0.3) is 10.8 Å². The predicted molar refractivity (Wildman–Crippen MR) is 108 cm³/mol. The highest BCUT2D eigenvalue weighted by Gasteiger charge is 2.09. The van der Waals surface area contributed by atoms with Gasteiger partial charge in [0, 0.05) is 11.6 Å². The molecular formula is C19H13Cl3N2O3. The predicted octanol–water partition coefficient (Wildman–Crippen LogP) is 5.03. The monoisotopic (exact) mass is 422 g/mol. The highest BCUT2D eigenvalue weighted by Crippen LogP contribution is 2.33. The van der Waals surface area contributed by atoms with Crippen LogP contribution in [0.2, 0.25) is 15.1 Å². The molecule has 0 saturated carbocycles. The van der Waals surface area contributed by atoms with Gasteiger partial charge in [0.1, 0.15) is 11.5 Å². The molecule has 0 aliphatic rings. The zero-order chi connectivity index (χ0) is 19.4. The molecule has 0 unspecified atom stereocenters. The number of rotatable bonds is 5. The Labute approximate surface area is 170 Å². The number of aromatic hydroxyl groups is 1. The van der Waals surface area contributed by atoms with E-state index in [0.29, 0.717) is 5.56 Å². The minimum Gasteiger partial charge on any atom is -0.507 e. The Balaban J connectivity index is 1.65. The summed E-state index contributed by atoms with van der Waals surface area (Å²) in [4.78, 5) is 11.9. The van der Waals surface area contributed by atoms with Crippen LogP contribution in [0.4, 0.5) is 0 Å². The van der Waals surface area contributed by atoms with E-state index in [1.807, 2.05) is 24.3 Å². The van der Waals surface area contributed by atoms with Gasteiger partial charge in [-0.25, -0.2) is 5.43 Å². The largest absolute Gasteiger partial charge is 0.507 e. The highest BCUT2D eigenvalue weighted by molar-refractivity contribution is 6.43. The van der Waals surface area contributed by atoms with Crippen LogP contribution >= 0.6 is 34.8 Å². The van der Waals surface area contributed by atoms with Gasteiger partial charge in [0.05, 0.1) is 21.3 Å². The van der Waals surface area contributed by atoms with Crippen molar-refractivity contribution in [3.63, 3.8) is 0 Å². The number of phenols is 1. The normalized spacial score (nSPS) is 11.1. The van der Waals surface area contributed by atoms with E-state index in [-0.39, 0.29) is 33.2 Å². The molecule has 3 aromatic carbocycles. The molecule has 0 bridgehead atoms. The molecule has 5 nitrogen and oxygen atoms in total. The molecule has 27 heavy (non-hydrogen) atoms. The van der Waals surface area contributed by atoms with Gasteiger partial charge in [0.25, 0.3) is 5.91 Å². The molecule has 0 saturated heterocycles. The highest BCUT2D eigenvalue weighted by atomic mass is 35.5. The lowest BCUT2D eigenvalue weighted by atomic mass is 10.0. The van der Waals surface area contributed by atoms with Gasteiger partial charge in [-0.2, -0.15) is 5.10 Å². The molecule has 138 valence electrons. The minimum atomic E-state index is -0.506. The Hall–Kier alpha value is -2.47. The molecule has 0 heterocycles. The molecule has 0 fully saturated rings. The van der Waals surface area contributed by atoms with Crippen molar-refractivity contribution in [1.29, 1.82) is 0 Å². The second-order valence-corrected chi connectivity index (χ2v) is 6.72. The zero-order valence-electron chi connectivity index (χ0n) is 13.7. The number of halogens is 3. The summed E-state index contributed by atoms with van der Waals surface area (Å²) in [6.45, 7) is -0.323. The van der Waals surface area contributed by atoms with Crippen molar-refractivity contribution in [3.05, 3.63) is 69.2 Å². The summed E-state index contributed by atoms with van der Waals surface area (Å²) in [5.74, 6) is -0.212.